The molecule has 7 rings (SSSR count). The van der Waals surface area contributed by atoms with Crippen LogP contribution >= 0.6 is 11.3 Å². The average Bonchev–Trinajstić information content (AvgIpc) is 3.65. The summed E-state index contributed by atoms with van der Waals surface area (Å²) in [5, 5.41) is 12.8. The molecule has 0 atom stereocenters. The lowest BCUT2D eigenvalue weighted by Gasteiger charge is -2.36. The van der Waals surface area contributed by atoms with Crippen molar-refractivity contribution in [1.82, 2.24) is 24.6 Å². The molecule has 2 aliphatic rings. The maximum Gasteiger partial charge on any atom is 0.416 e. The first-order valence-corrected chi connectivity index (χ1v) is 15.8. The van der Waals surface area contributed by atoms with E-state index in [0.717, 1.165) is 86.7 Å². The van der Waals surface area contributed by atoms with Crippen molar-refractivity contribution in [2.24, 2.45) is 0 Å². The molecule has 0 amide bonds. The summed E-state index contributed by atoms with van der Waals surface area (Å²) in [6, 6.07) is 14.2. The van der Waals surface area contributed by atoms with Gasteiger partial charge in [-0.3, -0.25) is 0 Å². The molecule has 1 saturated heterocycles. The van der Waals surface area contributed by atoms with E-state index in [1.54, 1.807) is 0 Å². The van der Waals surface area contributed by atoms with Crippen LogP contribution in [-0.4, -0.2) is 57.4 Å². The molecule has 240 valence electrons. The molecule has 0 spiro atoms. The third-order valence-electron chi connectivity index (χ3n) is 8.48. The van der Waals surface area contributed by atoms with E-state index in [4.69, 9.17) is 4.98 Å². The summed E-state index contributed by atoms with van der Waals surface area (Å²) < 4.78 is 81.1. The highest BCUT2D eigenvalue weighted by Gasteiger charge is 2.33. The number of nitrogens with one attached hydrogen (secondary N) is 1. The molecule has 1 aliphatic carbocycles. The number of fused-ring (bicyclic) bond motifs is 1. The number of anilines is 3. The minimum Gasteiger partial charge on any atom is -0.367 e. The fourth-order valence-electron chi connectivity index (χ4n) is 5.82. The fraction of sp³-hybridized carbons (Fsp3) is 0.344. The first-order chi connectivity index (χ1) is 22.0. The van der Waals surface area contributed by atoms with Gasteiger partial charge in [-0.2, -0.15) is 26.3 Å². The molecule has 5 aromatic rings. The van der Waals surface area contributed by atoms with Gasteiger partial charge in [-0.1, -0.05) is 42.5 Å². The molecule has 7 nitrogen and oxygen atoms in total. The topological polar surface area (TPSA) is 62.1 Å². The zero-order valence-electron chi connectivity index (χ0n) is 24.7. The lowest BCUT2D eigenvalue weighted by atomic mass is 10.1. The second-order valence-corrected chi connectivity index (χ2v) is 12.5. The Balaban J connectivity index is 1.27. The Labute approximate surface area is 264 Å². The van der Waals surface area contributed by atoms with Gasteiger partial charge >= 0.3 is 12.4 Å². The molecule has 2 aromatic heterocycles. The van der Waals surface area contributed by atoms with Gasteiger partial charge in [0.1, 0.15) is 10.8 Å². The van der Waals surface area contributed by atoms with Gasteiger partial charge in [0.05, 0.1) is 33.5 Å². The molecule has 2 fully saturated rings. The number of benzene rings is 3. The van der Waals surface area contributed by atoms with Crippen LogP contribution in [0, 0.1) is 0 Å². The van der Waals surface area contributed by atoms with Crippen LogP contribution in [0.2, 0.25) is 0 Å². The quantitative estimate of drug-likeness (QED) is 0.177. The van der Waals surface area contributed by atoms with Crippen molar-refractivity contribution in [2.75, 3.05) is 42.9 Å². The zero-order chi connectivity index (χ0) is 32.2. The number of likely N-dealkylation sites (N-methyl/N-ethyl adjacent to an activating group) is 1. The van der Waals surface area contributed by atoms with E-state index >= 15 is 0 Å². The highest BCUT2D eigenvalue weighted by molar-refractivity contribution is 7.18. The van der Waals surface area contributed by atoms with E-state index in [1.165, 1.54) is 35.6 Å². The Hall–Kier alpha value is -4.17. The van der Waals surface area contributed by atoms with Crippen molar-refractivity contribution in [3.8, 4) is 22.0 Å². The van der Waals surface area contributed by atoms with E-state index in [0.29, 0.717) is 32.6 Å². The molecule has 1 N–H and O–H groups in total. The lowest BCUT2D eigenvalue weighted by molar-refractivity contribution is -0.138. The van der Waals surface area contributed by atoms with Crippen LogP contribution in [0.3, 0.4) is 0 Å². The first-order valence-electron chi connectivity index (χ1n) is 15.0. The van der Waals surface area contributed by atoms with Crippen LogP contribution < -0.4 is 10.2 Å². The van der Waals surface area contributed by atoms with E-state index in [9.17, 15) is 26.3 Å². The summed E-state index contributed by atoms with van der Waals surface area (Å²) in [6.45, 7) is 6.47. The maximum absolute atomic E-state index is 13.3. The summed E-state index contributed by atoms with van der Waals surface area (Å²) in [5.41, 5.74) is 2.96. The number of aromatic nitrogens is 4. The summed E-state index contributed by atoms with van der Waals surface area (Å²) in [5.74, 6) is 0.616. The van der Waals surface area contributed by atoms with Gasteiger partial charge < -0.3 is 19.7 Å². The monoisotopic (exact) mass is 657 g/mol. The summed E-state index contributed by atoms with van der Waals surface area (Å²) in [7, 11) is 0. The smallest absolute Gasteiger partial charge is 0.367 e. The Morgan fingerprint density at radius 3 is 1.98 bits per heavy atom. The number of nitrogens with zero attached hydrogens (tertiary/aromatic N) is 6. The van der Waals surface area contributed by atoms with Crippen molar-refractivity contribution in [3.05, 3.63) is 71.8 Å². The van der Waals surface area contributed by atoms with Gasteiger partial charge in [0.25, 0.3) is 0 Å². The minimum absolute atomic E-state index is 0.209. The maximum atomic E-state index is 13.3. The van der Waals surface area contributed by atoms with Gasteiger partial charge in [0.2, 0.25) is 5.13 Å². The number of halogens is 6. The minimum atomic E-state index is -4.43. The number of imidazole rings is 1. The van der Waals surface area contributed by atoms with Crippen LogP contribution in [-0.2, 0) is 12.4 Å². The van der Waals surface area contributed by atoms with Crippen molar-refractivity contribution in [2.45, 2.75) is 38.2 Å². The largest absolute Gasteiger partial charge is 0.416 e. The Bertz CT molecular complexity index is 1850. The van der Waals surface area contributed by atoms with Crippen LogP contribution in [0.15, 0.2) is 60.7 Å². The highest BCUT2D eigenvalue weighted by atomic mass is 32.1. The Morgan fingerprint density at radius 2 is 1.41 bits per heavy atom. The average molecular weight is 658 g/mol. The fourth-order valence-corrected chi connectivity index (χ4v) is 6.58. The molecule has 0 radical (unpaired) electrons. The number of hydrogen-bond donors (Lipinski definition) is 1. The second-order valence-electron chi connectivity index (χ2n) is 11.5. The second kappa shape index (κ2) is 11.6. The van der Waals surface area contributed by atoms with Crippen molar-refractivity contribution in [3.63, 3.8) is 0 Å². The Kier molecular flexibility index (Phi) is 7.67. The highest BCUT2D eigenvalue weighted by Crippen LogP contribution is 2.44. The number of piperazine rings is 1. The van der Waals surface area contributed by atoms with Gasteiger partial charge in [0, 0.05) is 43.3 Å². The SMILES string of the molecule is CCN1CCN(c2cc3c(cc2Nc2nnc(-c4ccc(C(F)(F)F)cc4)s2)nc(-c2ccc(C(F)(F)F)cc2)n3C2CC2)CC1. The third-order valence-corrected chi connectivity index (χ3v) is 9.36. The number of alkyl halides is 6. The van der Waals surface area contributed by atoms with E-state index < -0.39 is 23.5 Å². The zero-order valence-corrected chi connectivity index (χ0v) is 25.5. The first kappa shape index (κ1) is 30.5. The lowest BCUT2D eigenvalue weighted by Crippen LogP contribution is -2.46. The van der Waals surface area contributed by atoms with Crippen molar-refractivity contribution < 1.29 is 26.3 Å². The van der Waals surface area contributed by atoms with Gasteiger partial charge in [-0.15, -0.1) is 10.2 Å². The van der Waals surface area contributed by atoms with Crippen LogP contribution in [0.1, 0.15) is 36.9 Å². The molecule has 3 aromatic carbocycles. The molecular weight excluding hydrogens is 628 g/mol. The number of hydrogen-bond acceptors (Lipinski definition) is 7. The summed E-state index contributed by atoms with van der Waals surface area (Å²) >= 11 is 1.22. The predicted octanol–water partition coefficient (Wildman–Crippen LogP) is 8.48. The number of rotatable bonds is 7. The van der Waals surface area contributed by atoms with Crippen LogP contribution in [0.5, 0.6) is 0 Å². The molecule has 1 aliphatic heterocycles. The summed E-state index contributed by atoms with van der Waals surface area (Å²) in [6.07, 6.45) is -6.94. The molecule has 0 unspecified atom stereocenters. The molecule has 0 bridgehead atoms. The van der Waals surface area contributed by atoms with Gasteiger partial charge in [-0.25, -0.2) is 4.98 Å². The van der Waals surface area contributed by atoms with Gasteiger partial charge in [-0.05, 0) is 55.8 Å². The van der Waals surface area contributed by atoms with E-state index in [1.807, 2.05) is 6.07 Å². The molecule has 46 heavy (non-hydrogen) atoms. The normalized spacial score (nSPS) is 16.4. The van der Waals surface area contributed by atoms with Crippen molar-refractivity contribution in [1.29, 1.82) is 0 Å². The van der Waals surface area contributed by atoms with Crippen LogP contribution in [0.25, 0.3) is 33.0 Å². The molecular formula is C32H29F6N7S. The Morgan fingerprint density at radius 1 is 0.804 bits per heavy atom. The van der Waals surface area contributed by atoms with E-state index in [2.05, 4.69) is 42.9 Å². The van der Waals surface area contributed by atoms with E-state index in [-0.39, 0.29) is 6.04 Å². The summed E-state index contributed by atoms with van der Waals surface area (Å²) in [4.78, 5) is 9.60. The third kappa shape index (κ3) is 6.03. The van der Waals surface area contributed by atoms with Crippen LogP contribution in [0.4, 0.5) is 42.8 Å². The molecule has 3 heterocycles. The van der Waals surface area contributed by atoms with Gasteiger partial charge in [0.15, 0.2) is 0 Å². The standard InChI is InChI=1S/C32H29F6N7S/c1-2-43-13-15-44(16-14-43)26-18-27-25(39-28(45(27)23-11-12-23)19-3-7-21(8-4-19)31(33,34)35)17-24(26)40-30-42-41-29(46-30)20-5-9-22(10-6-20)32(36,37)38/h3-10,17-18,23H,2,11-16H2,1H3,(H,40,42). The molecule has 1 saturated carbocycles. The predicted molar refractivity (Wildman–Crippen MR) is 166 cm³/mol. The molecule has 14 heteroatoms. The van der Waals surface area contributed by atoms with Crippen molar-refractivity contribution >= 4 is 38.9 Å².